The molecule has 50 heavy (non-hydrogen) atoms. The van der Waals surface area contributed by atoms with E-state index in [9.17, 15) is 29.4 Å². The Morgan fingerprint density at radius 1 is 0.760 bits per heavy atom. The first-order chi connectivity index (χ1) is 23.9. The Bertz CT molecular complexity index is 1150. The number of carbonyl (C=O) groups is 4. The Morgan fingerprint density at radius 3 is 1.86 bits per heavy atom. The summed E-state index contributed by atoms with van der Waals surface area (Å²) in [6.07, 6.45) is 9.92. The van der Waals surface area contributed by atoms with Gasteiger partial charge in [0.1, 0.15) is 18.2 Å². The van der Waals surface area contributed by atoms with Crippen molar-refractivity contribution in [1.29, 1.82) is 0 Å². The Labute approximate surface area is 300 Å². The number of hydrogen-bond acceptors (Lipinski definition) is 8. The van der Waals surface area contributed by atoms with Gasteiger partial charge in [0, 0.05) is 5.92 Å². The normalized spacial score (nSPS) is 26.3. The first kappa shape index (κ1) is 43.1. The molecule has 3 amide bonds. The fourth-order valence-electron chi connectivity index (χ4n) is 6.27. The van der Waals surface area contributed by atoms with Gasteiger partial charge in [-0.3, -0.25) is 14.4 Å². The van der Waals surface area contributed by atoms with Crippen LogP contribution < -0.4 is 16.0 Å². The second-order valence-electron chi connectivity index (χ2n) is 14.5. The van der Waals surface area contributed by atoms with Crippen molar-refractivity contribution in [3.05, 3.63) is 35.9 Å². The highest BCUT2D eigenvalue weighted by molar-refractivity contribution is 5.94. The average molecular weight is 704 g/mol. The number of rotatable bonds is 18. The van der Waals surface area contributed by atoms with E-state index in [4.69, 9.17) is 9.47 Å². The summed E-state index contributed by atoms with van der Waals surface area (Å²) >= 11 is 0. The smallest absolute Gasteiger partial charge is 0.331 e. The fraction of sp³-hybridized carbons (Fsp3) is 0.744. The maximum Gasteiger partial charge on any atom is 0.331 e. The molecule has 5 N–H and O–H groups in total. The summed E-state index contributed by atoms with van der Waals surface area (Å²) in [4.78, 5) is 54.1. The Balaban J connectivity index is 2.27. The summed E-state index contributed by atoms with van der Waals surface area (Å²) in [5.74, 6) is -4.71. The van der Waals surface area contributed by atoms with E-state index in [2.05, 4.69) is 22.9 Å². The van der Waals surface area contributed by atoms with Gasteiger partial charge in [0.25, 0.3) is 0 Å². The predicted molar refractivity (Wildman–Crippen MR) is 194 cm³/mol. The van der Waals surface area contributed by atoms with Crippen molar-refractivity contribution in [2.45, 2.75) is 162 Å². The van der Waals surface area contributed by atoms with Crippen molar-refractivity contribution < 1.29 is 38.9 Å². The van der Waals surface area contributed by atoms with Crippen LogP contribution >= 0.6 is 0 Å². The van der Waals surface area contributed by atoms with Crippen LogP contribution in [0.5, 0.6) is 0 Å². The van der Waals surface area contributed by atoms with Gasteiger partial charge in [-0.1, -0.05) is 129 Å². The quantitative estimate of drug-likeness (QED) is 0.106. The van der Waals surface area contributed by atoms with Gasteiger partial charge in [-0.25, -0.2) is 4.79 Å². The lowest BCUT2D eigenvalue weighted by molar-refractivity contribution is -0.161. The number of carbonyl (C=O) groups excluding carboxylic acids is 4. The zero-order chi connectivity index (χ0) is 37.1. The lowest BCUT2D eigenvalue weighted by Crippen LogP contribution is -2.60. The van der Waals surface area contributed by atoms with Crippen molar-refractivity contribution in [2.24, 2.45) is 17.8 Å². The van der Waals surface area contributed by atoms with Crippen molar-refractivity contribution >= 4 is 23.7 Å². The number of nitrogens with one attached hydrogen (secondary N) is 3. The van der Waals surface area contributed by atoms with Gasteiger partial charge in [-0.15, -0.1) is 0 Å². The van der Waals surface area contributed by atoms with Gasteiger partial charge in [0.2, 0.25) is 17.7 Å². The van der Waals surface area contributed by atoms with Crippen LogP contribution in [0.1, 0.15) is 124 Å². The lowest BCUT2D eigenvalue weighted by atomic mass is 9.86. The third-order valence-electron chi connectivity index (χ3n) is 9.72. The number of ether oxygens (including phenoxy) is 2. The Hall–Kier alpha value is -3.02. The van der Waals surface area contributed by atoms with Crippen LogP contribution in [0.2, 0.25) is 0 Å². The highest BCUT2D eigenvalue weighted by Gasteiger charge is 2.39. The molecule has 0 saturated carbocycles. The summed E-state index contributed by atoms with van der Waals surface area (Å²) in [5, 5.41) is 29.8. The van der Waals surface area contributed by atoms with E-state index in [1.807, 2.05) is 30.3 Å². The van der Waals surface area contributed by atoms with E-state index < -0.39 is 72.0 Å². The minimum atomic E-state index is -1.43. The number of unbranched alkanes of at least 4 members (excludes halogenated alkanes) is 10. The van der Waals surface area contributed by atoms with Crippen LogP contribution in [0.3, 0.4) is 0 Å². The number of esters is 1. The molecule has 1 fully saturated rings. The van der Waals surface area contributed by atoms with Crippen molar-refractivity contribution in [2.75, 3.05) is 6.61 Å². The molecule has 11 heteroatoms. The highest BCUT2D eigenvalue weighted by atomic mass is 16.6. The third-order valence-corrected chi connectivity index (χ3v) is 9.72. The molecule has 11 nitrogen and oxygen atoms in total. The molecule has 1 heterocycles. The molecule has 1 aromatic rings. The zero-order valence-corrected chi connectivity index (χ0v) is 31.3. The number of benzene rings is 1. The van der Waals surface area contributed by atoms with E-state index in [-0.39, 0.29) is 19.1 Å². The molecule has 3 unspecified atom stereocenters. The van der Waals surface area contributed by atoms with E-state index in [0.717, 1.165) is 31.2 Å². The Kier molecular flexibility index (Phi) is 20.2. The van der Waals surface area contributed by atoms with Crippen molar-refractivity contribution in [1.82, 2.24) is 16.0 Å². The Morgan fingerprint density at radius 2 is 1.30 bits per heavy atom. The standard InChI is InChI=1S/C39H65N3O8/c1-7-8-9-10-11-12-13-14-15-16-20-23-32-27(4)35(44)28(5)36(45)41-33(26(2)3)37(46)42-34(29(6)43)38(47)40-31(39(48)50-32)25-49-24-30-21-18-17-19-22-30/h17-19,21-22,26-29,31-35,43-44H,7-16,20,23-25H2,1-6H3,(H,40,47)(H,41,45)(H,42,46)/t27-,28+,29+,31?,32?,33?,34-,35+/m0/s1. The third kappa shape index (κ3) is 15.1. The van der Waals surface area contributed by atoms with Crippen LogP contribution in [0.4, 0.5) is 0 Å². The fourth-order valence-corrected chi connectivity index (χ4v) is 6.27. The van der Waals surface area contributed by atoms with Crippen LogP contribution in [0, 0.1) is 17.8 Å². The van der Waals surface area contributed by atoms with E-state index in [1.54, 1.807) is 27.7 Å². The molecule has 0 spiro atoms. The number of cyclic esters (lactones) is 1. The van der Waals surface area contributed by atoms with Crippen LogP contribution in [-0.4, -0.2) is 76.9 Å². The molecule has 1 aliphatic heterocycles. The van der Waals surface area contributed by atoms with E-state index in [1.165, 1.54) is 51.9 Å². The second kappa shape index (κ2) is 23.5. The molecule has 0 radical (unpaired) electrons. The zero-order valence-electron chi connectivity index (χ0n) is 31.3. The van der Waals surface area contributed by atoms with E-state index in [0.29, 0.717) is 6.42 Å². The molecule has 0 aromatic heterocycles. The predicted octanol–water partition coefficient (Wildman–Crippen LogP) is 4.95. The number of amides is 3. The van der Waals surface area contributed by atoms with Crippen LogP contribution in [0.25, 0.3) is 0 Å². The molecule has 2 rings (SSSR count). The number of hydrogen-bond donors (Lipinski definition) is 5. The highest BCUT2D eigenvalue weighted by Crippen LogP contribution is 2.25. The average Bonchev–Trinajstić information content (AvgIpc) is 3.09. The molecule has 1 aromatic carbocycles. The maximum absolute atomic E-state index is 13.8. The van der Waals surface area contributed by atoms with Gasteiger partial charge in [-0.05, 0) is 31.2 Å². The first-order valence-electron chi connectivity index (χ1n) is 19.0. The molecule has 284 valence electrons. The van der Waals surface area contributed by atoms with Gasteiger partial charge < -0.3 is 35.6 Å². The molecule has 0 aliphatic carbocycles. The van der Waals surface area contributed by atoms with Gasteiger partial charge in [0.05, 0.1) is 31.3 Å². The molecule has 8 atom stereocenters. The van der Waals surface area contributed by atoms with Gasteiger partial charge in [-0.2, -0.15) is 0 Å². The second-order valence-corrected chi connectivity index (χ2v) is 14.5. The topological polar surface area (TPSA) is 163 Å². The van der Waals surface area contributed by atoms with Crippen molar-refractivity contribution in [3.8, 4) is 0 Å². The molecule has 1 saturated heterocycles. The number of aliphatic hydroxyl groups is 2. The summed E-state index contributed by atoms with van der Waals surface area (Å²) < 4.78 is 11.9. The molecular weight excluding hydrogens is 638 g/mol. The lowest BCUT2D eigenvalue weighted by Gasteiger charge is -2.32. The van der Waals surface area contributed by atoms with Gasteiger partial charge >= 0.3 is 5.97 Å². The largest absolute Gasteiger partial charge is 0.460 e. The van der Waals surface area contributed by atoms with Crippen LogP contribution in [0.15, 0.2) is 30.3 Å². The summed E-state index contributed by atoms with van der Waals surface area (Å²) in [6, 6.07) is 5.63. The minimum absolute atomic E-state index is 0.176. The molecule has 1 aliphatic rings. The summed E-state index contributed by atoms with van der Waals surface area (Å²) in [7, 11) is 0. The monoisotopic (exact) mass is 703 g/mol. The molecule has 0 bridgehead atoms. The minimum Gasteiger partial charge on any atom is -0.460 e. The number of aliphatic hydroxyl groups excluding tert-OH is 2. The van der Waals surface area contributed by atoms with Crippen molar-refractivity contribution in [3.63, 3.8) is 0 Å². The summed E-state index contributed by atoms with van der Waals surface area (Å²) in [5.41, 5.74) is 0.871. The maximum atomic E-state index is 13.8. The first-order valence-corrected chi connectivity index (χ1v) is 19.0. The molecular formula is C39H65N3O8. The van der Waals surface area contributed by atoms with Crippen LogP contribution in [-0.2, 0) is 35.3 Å². The summed E-state index contributed by atoms with van der Waals surface area (Å²) in [6.45, 7) is 10.3. The van der Waals surface area contributed by atoms with E-state index >= 15 is 0 Å². The van der Waals surface area contributed by atoms with Gasteiger partial charge in [0.15, 0.2) is 6.04 Å². The SMILES string of the molecule is CCCCCCCCCCCCCC1OC(=O)C(COCc2ccccc2)NC(=O)[C@H]([C@@H](C)O)NC(=O)C(C(C)C)NC(=O)[C@H](C)[C@H](O)[C@H]1C.